The third-order valence-electron chi connectivity index (χ3n) is 5.96. The monoisotopic (exact) mass is 391 g/mol. The summed E-state index contributed by atoms with van der Waals surface area (Å²) >= 11 is 0. The number of nitrogens with zero attached hydrogens (tertiary/aromatic N) is 3. The molecule has 8 nitrogen and oxygen atoms in total. The summed E-state index contributed by atoms with van der Waals surface area (Å²) in [6.45, 7) is 3.19. The predicted octanol–water partition coefficient (Wildman–Crippen LogP) is 1.90. The zero-order valence-corrected chi connectivity index (χ0v) is 17.1. The van der Waals surface area contributed by atoms with Gasteiger partial charge in [0.05, 0.1) is 0 Å². The van der Waals surface area contributed by atoms with E-state index in [0.717, 1.165) is 64.5 Å². The molecule has 3 rings (SSSR count). The summed E-state index contributed by atoms with van der Waals surface area (Å²) in [5.74, 6) is 1.10. The maximum atomic E-state index is 12.6. The lowest BCUT2D eigenvalue weighted by Crippen LogP contribution is -2.45. The van der Waals surface area contributed by atoms with Gasteiger partial charge in [0.15, 0.2) is 5.82 Å². The molecule has 2 heterocycles. The van der Waals surface area contributed by atoms with Gasteiger partial charge in [-0.3, -0.25) is 9.59 Å². The molecule has 2 amide bonds. The molecule has 1 saturated heterocycles. The molecule has 28 heavy (non-hydrogen) atoms. The molecule has 1 aliphatic heterocycles. The molecule has 1 aromatic rings. The van der Waals surface area contributed by atoms with Gasteiger partial charge in [0.2, 0.25) is 17.7 Å². The quantitative estimate of drug-likeness (QED) is 0.689. The third-order valence-corrected chi connectivity index (χ3v) is 5.96. The third kappa shape index (κ3) is 4.90. The van der Waals surface area contributed by atoms with Gasteiger partial charge >= 0.3 is 0 Å². The van der Waals surface area contributed by atoms with E-state index in [1.54, 1.807) is 0 Å². The summed E-state index contributed by atoms with van der Waals surface area (Å²) in [6.07, 6.45) is 8.94. The van der Waals surface area contributed by atoms with E-state index in [1.165, 1.54) is 6.92 Å². The average molecular weight is 392 g/mol. The van der Waals surface area contributed by atoms with Crippen molar-refractivity contribution >= 4 is 11.8 Å². The number of carbonyl (C=O) groups is 2. The second kappa shape index (κ2) is 9.49. The largest absolute Gasteiger partial charge is 0.343 e. The Morgan fingerprint density at radius 1 is 1.21 bits per heavy atom. The van der Waals surface area contributed by atoms with Crippen molar-refractivity contribution in [2.75, 3.05) is 20.1 Å². The molecule has 1 aromatic heterocycles. The highest BCUT2D eigenvalue weighted by Gasteiger charge is 2.38. The minimum atomic E-state index is -0.541. The fraction of sp³-hybridized carbons (Fsp3) is 0.800. The lowest BCUT2D eigenvalue weighted by molar-refractivity contribution is -0.132. The number of likely N-dealkylation sites (N-methyl/N-ethyl adjacent to an activating group) is 1. The molecule has 8 heteroatoms. The molecule has 0 bridgehead atoms. The first-order chi connectivity index (χ1) is 13.5. The van der Waals surface area contributed by atoms with Crippen LogP contribution in [-0.4, -0.2) is 53.0 Å². The average Bonchev–Trinajstić information content (AvgIpc) is 3.26. The Morgan fingerprint density at radius 3 is 2.64 bits per heavy atom. The SMILES string of the molecule is CNCC1CCCN1C(=O)CCc1nc(C2(NC(C)=O)CCCCCC2)no1. The lowest BCUT2D eigenvalue weighted by Gasteiger charge is -2.30. The number of carbonyl (C=O) groups excluding carboxylic acids is 2. The summed E-state index contributed by atoms with van der Waals surface area (Å²) in [5, 5.41) is 10.4. The van der Waals surface area contributed by atoms with Crippen molar-refractivity contribution in [1.82, 2.24) is 25.7 Å². The summed E-state index contributed by atoms with van der Waals surface area (Å²) in [6, 6.07) is 0.282. The number of amides is 2. The molecule has 0 radical (unpaired) electrons. The van der Waals surface area contributed by atoms with Crippen LogP contribution in [0.4, 0.5) is 0 Å². The van der Waals surface area contributed by atoms with Crippen molar-refractivity contribution in [2.24, 2.45) is 0 Å². The highest BCUT2D eigenvalue weighted by molar-refractivity contribution is 5.77. The second-order valence-electron chi connectivity index (χ2n) is 8.13. The van der Waals surface area contributed by atoms with Crippen molar-refractivity contribution in [2.45, 2.75) is 82.7 Å². The molecule has 1 aliphatic carbocycles. The highest BCUT2D eigenvalue weighted by atomic mass is 16.5. The molecular weight excluding hydrogens is 358 g/mol. The summed E-state index contributed by atoms with van der Waals surface area (Å²) < 4.78 is 5.46. The number of aryl methyl sites for hydroxylation is 1. The first-order valence-electron chi connectivity index (χ1n) is 10.6. The Labute approximate surface area is 166 Å². The first kappa shape index (κ1) is 20.8. The van der Waals surface area contributed by atoms with Crippen LogP contribution in [0.2, 0.25) is 0 Å². The van der Waals surface area contributed by atoms with Crippen LogP contribution >= 0.6 is 0 Å². The van der Waals surface area contributed by atoms with Gasteiger partial charge in [0.25, 0.3) is 0 Å². The molecule has 1 atom stereocenters. The minimum Gasteiger partial charge on any atom is -0.343 e. The maximum Gasteiger partial charge on any atom is 0.227 e. The molecule has 2 aliphatic rings. The van der Waals surface area contributed by atoms with E-state index in [4.69, 9.17) is 4.52 Å². The van der Waals surface area contributed by atoms with E-state index in [9.17, 15) is 9.59 Å². The van der Waals surface area contributed by atoms with E-state index in [0.29, 0.717) is 24.6 Å². The molecule has 1 saturated carbocycles. The molecule has 2 N–H and O–H groups in total. The topological polar surface area (TPSA) is 100 Å². The summed E-state index contributed by atoms with van der Waals surface area (Å²) in [4.78, 5) is 31.0. The Hall–Kier alpha value is -1.96. The van der Waals surface area contributed by atoms with Crippen LogP contribution in [0, 0.1) is 0 Å². The zero-order chi connectivity index (χ0) is 20.0. The van der Waals surface area contributed by atoms with Crippen LogP contribution in [0.1, 0.15) is 76.4 Å². The second-order valence-corrected chi connectivity index (χ2v) is 8.13. The number of aromatic nitrogens is 2. The standard InChI is InChI=1S/C20H33N5O3/c1-15(26)23-20(11-5-3-4-6-12-20)19-22-17(28-24-19)9-10-18(27)25-13-7-8-16(25)14-21-2/h16,21H,3-14H2,1-2H3,(H,23,26). The Kier molecular flexibility index (Phi) is 7.04. The van der Waals surface area contributed by atoms with Crippen molar-refractivity contribution < 1.29 is 14.1 Å². The Morgan fingerprint density at radius 2 is 1.96 bits per heavy atom. The van der Waals surface area contributed by atoms with E-state index >= 15 is 0 Å². The minimum absolute atomic E-state index is 0.0759. The zero-order valence-electron chi connectivity index (χ0n) is 17.1. The molecule has 1 unspecified atom stereocenters. The molecule has 0 aromatic carbocycles. The number of rotatable bonds is 7. The molecular formula is C20H33N5O3. The van der Waals surface area contributed by atoms with Crippen molar-refractivity contribution in [1.29, 1.82) is 0 Å². The number of hydrogen-bond donors (Lipinski definition) is 2. The van der Waals surface area contributed by atoms with Gasteiger partial charge in [-0.05, 0) is 32.7 Å². The molecule has 0 spiro atoms. The van der Waals surface area contributed by atoms with Gasteiger partial charge in [-0.2, -0.15) is 4.98 Å². The van der Waals surface area contributed by atoms with Gasteiger partial charge in [0.1, 0.15) is 5.54 Å². The van der Waals surface area contributed by atoms with E-state index < -0.39 is 5.54 Å². The van der Waals surface area contributed by atoms with Crippen LogP contribution in [0.3, 0.4) is 0 Å². The van der Waals surface area contributed by atoms with Gasteiger partial charge < -0.3 is 20.1 Å². The van der Waals surface area contributed by atoms with Crippen LogP contribution < -0.4 is 10.6 Å². The van der Waals surface area contributed by atoms with Crippen LogP contribution in [0.5, 0.6) is 0 Å². The van der Waals surface area contributed by atoms with Gasteiger partial charge in [-0.15, -0.1) is 0 Å². The number of hydrogen-bond acceptors (Lipinski definition) is 6. The number of likely N-dealkylation sites (tertiary alicyclic amines) is 1. The fourth-order valence-corrected chi connectivity index (χ4v) is 4.59. The number of nitrogens with one attached hydrogen (secondary N) is 2. The van der Waals surface area contributed by atoms with Crippen molar-refractivity contribution in [3.63, 3.8) is 0 Å². The van der Waals surface area contributed by atoms with E-state index in [2.05, 4.69) is 20.8 Å². The van der Waals surface area contributed by atoms with E-state index in [-0.39, 0.29) is 17.9 Å². The lowest BCUT2D eigenvalue weighted by atomic mass is 9.89. The Bertz CT molecular complexity index is 667. The molecule has 156 valence electrons. The predicted molar refractivity (Wildman–Crippen MR) is 104 cm³/mol. The summed E-state index contributed by atoms with van der Waals surface area (Å²) in [7, 11) is 1.92. The first-order valence-corrected chi connectivity index (χ1v) is 10.6. The van der Waals surface area contributed by atoms with E-state index in [1.807, 2.05) is 11.9 Å². The molecule has 2 fully saturated rings. The van der Waals surface area contributed by atoms with Gasteiger partial charge in [0, 0.05) is 38.9 Å². The van der Waals surface area contributed by atoms with Crippen LogP contribution in [-0.2, 0) is 21.5 Å². The van der Waals surface area contributed by atoms with Crippen molar-refractivity contribution in [3.8, 4) is 0 Å². The smallest absolute Gasteiger partial charge is 0.227 e. The maximum absolute atomic E-state index is 12.6. The fourth-order valence-electron chi connectivity index (χ4n) is 4.59. The van der Waals surface area contributed by atoms with Crippen LogP contribution in [0.15, 0.2) is 4.52 Å². The normalized spacial score (nSPS) is 22.1. The van der Waals surface area contributed by atoms with Crippen LogP contribution in [0.25, 0.3) is 0 Å². The van der Waals surface area contributed by atoms with Gasteiger partial charge in [-0.1, -0.05) is 30.8 Å². The Balaban J connectivity index is 1.64. The van der Waals surface area contributed by atoms with Crippen molar-refractivity contribution in [3.05, 3.63) is 11.7 Å². The summed E-state index contributed by atoms with van der Waals surface area (Å²) in [5.41, 5.74) is -0.541. The van der Waals surface area contributed by atoms with Gasteiger partial charge in [-0.25, -0.2) is 0 Å². The highest BCUT2D eigenvalue weighted by Crippen LogP contribution is 2.34.